The second-order valence-corrected chi connectivity index (χ2v) is 5.52. The Labute approximate surface area is 145 Å². The van der Waals surface area contributed by atoms with E-state index in [-0.39, 0.29) is 5.91 Å². The normalized spacial score (nSPS) is 11.8. The van der Waals surface area contributed by atoms with Gasteiger partial charge >= 0.3 is 0 Å². The molecule has 2 aromatic heterocycles. The lowest BCUT2D eigenvalue weighted by Gasteiger charge is -2.10. The molecule has 0 aliphatic heterocycles. The molecule has 1 amide bonds. The summed E-state index contributed by atoms with van der Waals surface area (Å²) in [4.78, 5) is 20.8. The molecule has 0 aliphatic carbocycles. The van der Waals surface area contributed by atoms with E-state index < -0.39 is 6.04 Å². The Morgan fingerprint density at radius 3 is 2.88 bits per heavy atom. The number of hydrogen-bond acceptors (Lipinski definition) is 6. The van der Waals surface area contributed by atoms with Crippen molar-refractivity contribution in [3.8, 4) is 17.1 Å². The van der Waals surface area contributed by atoms with Gasteiger partial charge in [0.05, 0.1) is 12.7 Å². The Balaban J connectivity index is 1.75. The second kappa shape index (κ2) is 7.12. The number of carbonyl (C=O) groups excluding carboxylic acids is 1. The summed E-state index contributed by atoms with van der Waals surface area (Å²) in [7, 11) is 1.60. The largest absolute Gasteiger partial charge is 0.497 e. The monoisotopic (exact) mass is 338 g/mol. The SMILES string of the molecule is COc1cccc(-c2noc([C@@H](C)NC(=O)c3cccnc3C)n2)c1. The number of amides is 1. The Hall–Kier alpha value is -3.22. The molecule has 0 fully saturated rings. The topological polar surface area (TPSA) is 90.1 Å². The molecule has 0 radical (unpaired) electrons. The van der Waals surface area contributed by atoms with Gasteiger partial charge in [-0.05, 0) is 38.1 Å². The maximum Gasteiger partial charge on any atom is 0.253 e. The lowest BCUT2D eigenvalue weighted by Crippen LogP contribution is -2.27. The minimum atomic E-state index is -0.432. The number of nitrogens with one attached hydrogen (secondary N) is 1. The van der Waals surface area contributed by atoms with Gasteiger partial charge < -0.3 is 14.6 Å². The van der Waals surface area contributed by atoms with Crippen LogP contribution in [0.15, 0.2) is 47.1 Å². The van der Waals surface area contributed by atoms with E-state index in [0.717, 1.165) is 5.56 Å². The third-order valence-corrected chi connectivity index (χ3v) is 3.74. The average molecular weight is 338 g/mol. The van der Waals surface area contributed by atoms with E-state index in [1.165, 1.54) is 0 Å². The predicted molar refractivity (Wildman–Crippen MR) is 91.1 cm³/mol. The first-order valence-corrected chi connectivity index (χ1v) is 7.79. The first kappa shape index (κ1) is 16.6. The van der Waals surface area contributed by atoms with Gasteiger partial charge in [0.1, 0.15) is 11.8 Å². The molecule has 0 unspecified atom stereocenters. The summed E-state index contributed by atoms with van der Waals surface area (Å²) >= 11 is 0. The summed E-state index contributed by atoms with van der Waals surface area (Å²) in [5, 5.41) is 6.82. The number of rotatable bonds is 5. The summed E-state index contributed by atoms with van der Waals surface area (Å²) in [6.07, 6.45) is 1.65. The molecule has 0 bridgehead atoms. The average Bonchev–Trinajstić information content (AvgIpc) is 3.12. The third-order valence-electron chi connectivity index (χ3n) is 3.74. The van der Waals surface area contributed by atoms with E-state index >= 15 is 0 Å². The maximum atomic E-state index is 12.4. The highest BCUT2D eigenvalue weighted by Crippen LogP contribution is 2.22. The number of ether oxygens (including phenoxy) is 1. The molecule has 7 heteroatoms. The van der Waals surface area contributed by atoms with Crippen LogP contribution in [-0.2, 0) is 0 Å². The molecule has 128 valence electrons. The fourth-order valence-electron chi connectivity index (χ4n) is 2.35. The van der Waals surface area contributed by atoms with Crippen LogP contribution >= 0.6 is 0 Å². The Morgan fingerprint density at radius 2 is 2.12 bits per heavy atom. The minimum absolute atomic E-state index is 0.237. The molecular formula is C18H18N4O3. The number of nitrogens with zero attached hydrogens (tertiary/aromatic N) is 3. The zero-order valence-corrected chi connectivity index (χ0v) is 14.2. The molecule has 0 aliphatic rings. The van der Waals surface area contributed by atoms with Gasteiger partial charge in [0.15, 0.2) is 0 Å². The molecule has 3 rings (SSSR count). The van der Waals surface area contributed by atoms with Crippen LogP contribution in [0.25, 0.3) is 11.4 Å². The van der Waals surface area contributed by atoms with Crippen molar-refractivity contribution in [2.75, 3.05) is 7.11 Å². The highest BCUT2D eigenvalue weighted by atomic mass is 16.5. The molecule has 1 N–H and O–H groups in total. The number of hydrogen-bond donors (Lipinski definition) is 1. The van der Waals surface area contributed by atoms with Crippen LogP contribution in [0.2, 0.25) is 0 Å². The second-order valence-electron chi connectivity index (χ2n) is 5.52. The van der Waals surface area contributed by atoms with Gasteiger partial charge in [-0.25, -0.2) is 0 Å². The Kier molecular flexibility index (Phi) is 4.74. The van der Waals surface area contributed by atoms with E-state index in [1.54, 1.807) is 39.3 Å². The van der Waals surface area contributed by atoms with Crippen LogP contribution in [0.4, 0.5) is 0 Å². The van der Waals surface area contributed by atoms with Crippen LogP contribution in [0.1, 0.15) is 34.9 Å². The fraction of sp³-hybridized carbons (Fsp3) is 0.222. The van der Waals surface area contributed by atoms with Crippen LogP contribution in [0, 0.1) is 6.92 Å². The molecular weight excluding hydrogens is 320 g/mol. The van der Waals surface area contributed by atoms with Gasteiger partial charge in [-0.2, -0.15) is 4.98 Å². The van der Waals surface area contributed by atoms with Crippen molar-refractivity contribution >= 4 is 5.91 Å². The van der Waals surface area contributed by atoms with Gasteiger partial charge in [0.25, 0.3) is 5.91 Å². The minimum Gasteiger partial charge on any atom is -0.497 e. The molecule has 0 saturated heterocycles. The Morgan fingerprint density at radius 1 is 1.28 bits per heavy atom. The lowest BCUT2D eigenvalue weighted by atomic mass is 10.2. The quantitative estimate of drug-likeness (QED) is 0.769. The first-order valence-electron chi connectivity index (χ1n) is 7.79. The van der Waals surface area contributed by atoms with Crippen molar-refractivity contribution in [3.05, 3.63) is 59.7 Å². The van der Waals surface area contributed by atoms with Crippen molar-refractivity contribution in [1.29, 1.82) is 0 Å². The van der Waals surface area contributed by atoms with E-state index in [1.807, 2.05) is 24.3 Å². The summed E-state index contributed by atoms with van der Waals surface area (Å²) < 4.78 is 10.5. The Bertz CT molecular complexity index is 891. The number of aryl methyl sites for hydroxylation is 1. The van der Waals surface area contributed by atoms with E-state index in [2.05, 4.69) is 20.4 Å². The van der Waals surface area contributed by atoms with Crippen LogP contribution in [-0.4, -0.2) is 28.1 Å². The third kappa shape index (κ3) is 3.65. The number of aromatic nitrogens is 3. The molecule has 3 aromatic rings. The molecule has 1 aromatic carbocycles. The summed E-state index contributed by atoms with van der Waals surface area (Å²) in [5.74, 6) is 1.23. The molecule has 1 atom stereocenters. The molecule has 0 saturated carbocycles. The standard InChI is InChI=1S/C18H18N4O3/c1-11-15(8-5-9-19-11)17(23)20-12(2)18-21-16(22-25-18)13-6-4-7-14(10-13)24-3/h4-10,12H,1-3H3,(H,20,23)/t12-/m1/s1. The van der Waals surface area contributed by atoms with Crippen molar-refractivity contribution in [2.24, 2.45) is 0 Å². The predicted octanol–water partition coefficient (Wildman–Crippen LogP) is 2.94. The highest BCUT2D eigenvalue weighted by molar-refractivity contribution is 5.95. The number of carbonyl (C=O) groups is 1. The van der Waals surface area contributed by atoms with Crippen LogP contribution in [0.5, 0.6) is 5.75 Å². The van der Waals surface area contributed by atoms with Gasteiger partial charge in [0.2, 0.25) is 11.7 Å². The van der Waals surface area contributed by atoms with Crippen molar-refractivity contribution in [3.63, 3.8) is 0 Å². The summed E-state index contributed by atoms with van der Waals surface area (Å²) in [6.45, 7) is 3.57. The van der Waals surface area contributed by atoms with Crippen molar-refractivity contribution < 1.29 is 14.1 Å². The smallest absolute Gasteiger partial charge is 0.253 e. The zero-order chi connectivity index (χ0) is 17.8. The fourth-order valence-corrected chi connectivity index (χ4v) is 2.35. The van der Waals surface area contributed by atoms with E-state index in [4.69, 9.17) is 9.26 Å². The maximum absolute atomic E-state index is 12.4. The highest BCUT2D eigenvalue weighted by Gasteiger charge is 2.19. The zero-order valence-electron chi connectivity index (χ0n) is 14.2. The van der Waals surface area contributed by atoms with Crippen LogP contribution < -0.4 is 10.1 Å². The first-order chi connectivity index (χ1) is 12.1. The molecule has 25 heavy (non-hydrogen) atoms. The summed E-state index contributed by atoms with van der Waals surface area (Å²) in [6, 6.07) is 10.4. The lowest BCUT2D eigenvalue weighted by molar-refractivity contribution is 0.0931. The van der Waals surface area contributed by atoms with Crippen molar-refractivity contribution in [1.82, 2.24) is 20.4 Å². The molecule has 7 nitrogen and oxygen atoms in total. The van der Waals surface area contributed by atoms with Gasteiger partial charge in [-0.15, -0.1) is 0 Å². The van der Waals surface area contributed by atoms with Crippen LogP contribution in [0.3, 0.4) is 0 Å². The summed E-state index contributed by atoms with van der Waals surface area (Å²) in [5.41, 5.74) is 1.95. The number of benzene rings is 1. The molecule has 0 spiro atoms. The van der Waals surface area contributed by atoms with Crippen molar-refractivity contribution in [2.45, 2.75) is 19.9 Å². The number of methoxy groups -OCH3 is 1. The molecule has 2 heterocycles. The van der Waals surface area contributed by atoms with E-state index in [9.17, 15) is 4.79 Å². The van der Waals surface area contributed by atoms with Gasteiger partial charge in [0, 0.05) is 17.5 Å². The number of pyridine rings is 1. The van der Waals surface area contributed by atoms with E-state index in [0.29, 0.717) is 28.7 Å². The van der Waals surface area contributed by atoms with Gasteiger partial charge in [-0.1, -0.05) is 17.3 Å². The van der Waals surface area contributed by atoms with Gasteiger partial charge in [-0.3, -0.25) is 9.78 Å².